The van der Waals surface area contributed by atoms with E-state index in [1.807, 2.05) is 0 Å². The largest absolute Gasteiger partial charge is 1.00 e. The van der Waals surface area contributed by atoms with E-state index in [1.165, 1.54) is 0 Å². The van der Waals surface area contributed by atoms with Gasteiger partial charge in [0.25, 0.3) is 0 Å². The molecule has 0 unspecified atom stereocenters. The minimum atomic E-state index is -0.333. The van der Waals surface area contributed by atoms with Gasteiger partial charge in [0, 0.05) is 17.1 Å². The van der Waals surface area contributed by atoms with Crippen molar-refractivity contribution in [3.8, 4) is 0 Å². The smallest absolute Gasteiger partial charge is 0 e. The summed E-state index contributed by atoms with van der Waals surface area (Å²) in [5.74, 6) is 7.00. The first-order valence-electron chi connectivity index (χ1n) is 1.72. The Bertz CT molecular complexity index is 37.5. The van der Waals surface area contributed by atoms with E-state index in [9.17, 15) is 0 Å². The summed E-state index contributed by atoms with van der Waals surface area (Å²) in [6.45, 7) is 4.75. The van der Waals surface area contributed by atoms with Gasteiger partial charge in [0.15, 0.2) is 0 Å². The molecule has 0 aromatic rings. The molecule has 0 fully saturated rings. The van der Waals surface area contributed by atoms with Gasteiger partial charge in [-0.05, 0) is 0 Å². The summed E-state index contributed by atoms with van der Waals surface area (Å²) in [7, 11) is 0. The third-order valence-corrected chi connectivity index (χ3v) is 0. The van der Waals surface area contributed by atoms with Crippen molar-refractivity contribution in [1.29, 1.82) is 5.26 Å². The van der Waals surface area contributed by atoms with Crippen molar-refractivity contribution in [3.63, 3.8) is 0 Å². The molecule has 0 aliphatic rings. The standard InChI is InChI=1S/C3H9Ge.CN.Cu.Li/c1-4(2)3;1-2;;/h1-3H3;;;/q;-1;;+1. The Balaban J connectivity index is -0.0000000183. The van der Waals surface area contributed by atoms with Gasteiger partial charge in [0.1, 0.15) is 0 Å². The normalized spacial score (nSPS) is 4.75. The molecule has 46 valence electrons. The van der Waals surface area contributed by atoms with Gasteiger partial charge in [-0.25, -0.2) is 0 Å². The maximum Gasteiger partial charge on any atom is 1.00 e. The van der Waals surface area contributed by atoms with Gasteiger partial charge in [-0.3, -0.25) is 0 Å². The predicted molar refractivity (Wildman–Crippen MR) is 28.3 cm³/mol. The van der Waals surface area contributed by atoms with Crippen molar-refractivity contribution in [2.24, 2.45) is 0 Å². The van der Waals surface area contributed by atoms with E-state index >= 15 is 0 Å². The minimum absolute atomic E-state index is 0. The van der Waals surface area contributed by atoms with Gasteiger partial charge >= 0.3 is 50.5 Å². The second kappa shape index (κ2) is 24.2. The maximum absolute atomic E-state index is 6.25. The van der Waals surface area contributed by atoms with Crippen LogP contribution >= 0.6 is 0 Å². The zero-order chi connectivity index (χ0) is 5.58. The molecule has 0 amide bonds. The van der Waals surface area contributed by atoms with Gasteiger partial charge in [-0.15, -0.1) is 0 Å². The van der Waals surface area contributed by atoms with E-state index in [1.54, 1.807) is 0 Å². The molecule has 0 saturated heterocycles. The van der Waals surface area contributed by atoms with Crippen molar-refractivity contribution in [2.75, 3.05) is 0 Å². The van der Waals surface area contributed by atoms with E-state index in [0.717, 1.165) is 0 Å². The van der Waals surface area contributed by atoms with Crippen LogP contribution in [0.2, 0.25) is 17.3 Å². The van der Waals surface area contributed by atoms with Crippen LogP contribution in [0.5, 0.6) is 0 Å². The third kappa shape index (κ3) is 205. The van der Waals surface area contributed by atoms with Crippen LogP contribution in [0.1, 0.15) is 0 Å². The van der Waals surface area contributed by atoms with E-state index in [4.69, 9.17) is 11.8 Å². The summed E-state index contributed by atoms with van der Waals surface area (Å²) in [4.78, 5) is 0. The Kier molecular flexibility index (Phi) is 69.3. The van der Waals surface area contributed by atoms with Crippen LogP contribution in [0.15, 0.2) is 0 Å². The summed E-state index contributed by atoms with van der Waals surface area (Å²) in [6.07, 6.45) is 0. The topological polar surface area (TPSA) is 23.8 Å². The van der Waals surface area contributed by atoms with Crippen LogP contribution in [-0.2, 0) is 17.1 Å². The first-order valence-corrected chi connectivity index (χ1v) is 8.02. The average molecular weight is 214 g/mol. The van der Waals surface area contributed by atoms with Gasteiger partial charge < -0.3 is 11.8 Å². The molecule has 4 heteroatoms. The molecule has 0 aromatic carbocycles. The van der Waals surface area contributed by atoms with Crippen LogP contribution in [0.4, 0.5) is 0 Å². The molecule has 2 radical (unpaired) electrons. The predicted octanol–water partition coefficient (Wildman–Crippen LogP) is -1.53. The van der Waals surface area contributed by atoms with Crippen LogP contribution in [0.25, 0.3) is 0 Å². The SMILES string of the molecule is [C-]#N.[CH3][Ge]([CH3])[CH3].[Cu].[Li+]. The second-order valence-electron chi connectivity index (χ2n) is 1.50. The summed E-state index contributed by atoms with van der Waals surface area (Å²) < 4.78 is 0. The van der Waals surface area contributed by atoms with Crippen molar-refractivity contribution in [1.82, 2.24) is 0 Å². The second-order valence-corrected chi connectivity index (χ2v) is 7.79. The fourth-order valence-corrected chi connectivity index (χ4v) is 0. The Morgan fingerprint density at radius 1 is 1.12 bits per heavy atom. The number of hydrogen-bond acceptors (Lipinski definition) is 1. The van der Waals surface area contributed by atoms with E-state index in [-0.39, 0.29) is 50.3 Å². The molecule has 0 aliphatic carbocycles. The number of nitrogens with zero attached hydrogens (tertiary/aromatic N) is 1. The van der Waals surface area contributed by atoms with Gasteiger partial charge in [-0.1, -0.05) is 0 Å². The van der Waals surface area contributed by atoms with Crippen molar-refractivity contribution in [3.05, 3.63) is 6.57 Å². The quantitative estimate of drug-likeness (QED) is 0.354. The molecule has 0 bridgehead atoms. The summed E-state index contributed by atoms with van der Waals surface area (Å²) >= 11 is -0.333. The van der Waals surface area contributed by atoms with Crippen molar-refractivity contribution >= 4 is 14.3 Å². The van der Waals surface area contributed by atoms with Crippen molar-refractivity contribution < 1.29 is 35.9 Å². The fraction of sp³-hybridized carbons (Fsp3) is 0.750. The number of rotatable bonds is 0. The van der Waals surface area contributed by atoms with Crippen LogP contribution in [0, 0.1) is 11.8 Å². The number of hydrogen-bond donors (Lipinski definition) is 0. The van der Waals surface area contributed by atoms with E-state index in [2.05, 4.69) is 17.3 Å². The Morgan fingerprint density at radius 3 is 1.12 bits per heavy atom. The Hall–Kier alpha value is 1.15. The average Bonchev–Trinajstić information content (AvgIpc) is 1.41. The molecule has 0 aromatic heterocycles. The Labute approximate surface area is 79.0 Å². The molecule has 0 spiro atoms. The zero-order valence-electron chi connectivity index (χ0n) is 5.75. The third-order valence-electron chi connectivity index (χ3n) is 0. The minimum Gasteiger partial charge on any atom is 0 e. The molecule has 0 aliphatic heterocycles. The molecular weight excluding hydrogens is 205 g/mol. The molecule has 0 atom stereocenters. The molecule has 1 nitrogen and oxygen atoms in total. The molecule has 0 saturated carbocycles. The van der Waals surface area contributed by atoms with E-state index < -0.39 is 0 Å². The van der Waals surface area contributed by atoms with Gasteiger partial charge in [0.05, 0.1) is 0 Å². The summed E-state index contributed by atoms with van der Waals surface area (Å²) in [6, 6.07) is 0. The van der Waals surface area contributed by atoms with Crippen LogP contribution in [0.3, 0.4) is 0 Å². The Morgan fingerprint density at radius 2 is 1.12 bits per heavy atom. The van der Waals surface area contributed by atoms with Gasteiger partial charge in [0.2, 0.25) is 0 Å². The monoisotopic (exact) mass is 215 g/mol. The summed E-state index contributed by atoms with van der Waals surface area (Å²) in [5.41, 5.74) is 0. The van der Waals surface area contributed by atoms with Crippen molar-refractivity contribution in [2.45, 2.75) is 17.3 Å². The fourth-order valence-electron chi connectivity index (χ4n) is 0. The van der Waals surface area contributed by atoms with Crippen LogP contribution < -0.4 is 18.9 Å². The molecule has 8 heavy (non-hydrogen) atoms. The first kappa shape index (κ1) is 22.9. The zero-order valence-corrected chi connectivity index (χ0v) is 8.79. The summed E-state index contributed by atoms with van der Waals surface area (Å²) in [5, 5.41) is 6.25. The van der Waals surface area contributed by atoms with Crippen LogP contribution in [-0.4, -0.2) is 14.3 Å². The maximum atomic E-state index is 6.25. The first-order chi connectivity index (χ1) is 2.73. The van der Waals surface area contributed by atoms with Gasteiger partial charge in [-0.2, -0.15) is 0 Å². The van der Waals surface area contributed by atoms with E-state index in [0.29, 0.717) is 0 Å². The molecular formula is C4H9CuGeLiN. The molecule has 0 heterocycles. The molecule has 0 N–H and O–H groups in total. The molecule has 0 rings (SSSR count).